The average Bonchev–Trinajstić information content (AvgIpc) is 3.20. The Balaban J connectivity index is 1.41. The van der Waals surface area contributed by atoms with E-state index in [1.807, 2.05) is 12.1 Å². The van der Waals surface area contributed by atoms with Gasteiger partial charge >= 0.3 is 0 Å². The van der Waals surface area contributed by atoms with E-state index in [2.05, 4.69) is 22.0 Å². The van der Waals surface area contributed by atoms with Crippen LogP contribution in [-0.2, 0) is 0 Å². The SMILES string of the molecule is Cc1cc(-c2noc(C(C)N3CCC(c4ccc(O)cc4)CC3)n2)ccc1F. The van der Waals surface area contributed by atoms with Crippen LogP contribution in [0.4, 0.5) is 4.39 Å². The smallest absolute Gasteiger partial charge is 0.244 e. The van der Waals surface area contributed by atoms with Gasteiger partial charge in [-0.05, 0) is 87.2 Å². The first-order valence-corrected chi connectivity index (χ1v) is 9.64. The van der Waals surface area contributed by atoms with Crippen LogP contribution in [0.5, 0.6) is 5.75 Å². The van der Waals surface area contributed by atoms with E-state index < -0.39 is 0 Å². The number of benzene rings is 2. The van der Waals surface area contributed by atoms with E-state index in [1.54, 1.807) is 31.2 Å². The molecule has 146 valence electrons. The molecule has 1 saturated heterocycles. The molecule has 0 amide bonds. The summed E-state index contributed by atoms with van der Waals surface area (Å²) in [4.78, 5) is 6.89. The molecule has 3 aromatic rings. The van der Waals surface area contributed by atoms with Gasteiger partial charge in [-0.1, -0.05) is 17.3 Å². The van der Waals surface area contributed by atoms with Crippen molar-refractivity contribution in [2.45, 2.75) is 38.6 Å². The molecule has 1 fully saturated rings. The Kier molecular flexibility index (Phi) is 5.13. The van der Waals surface area contributed by atoms with Crippen LogP contribution >= 0.6 is 0 Å². The number of halogens is 1. The number of aromatic hydroxyl groups is 1. The Morgan fingerprint density at radius 3 is 2.54 bits per heavy atom. The first kappa shape index (κ1) is 18.6. The monoisotopic (exact) mass is 381 g/mol. The van der Waals surface area contributed by atoms with Crippen molar-refractivity contribution >= 4 is 0 Å². The second-order valence-corrected chi connectivity index (χ2v) is 7.50. The molecule has 1 aromatic heterocycles. The Hall–Kier alpha value is -2.73. The fourth-order valence-corrected chi connectivity index (χ4v) is 3.83. The molecule has 0 radical (unpaired) electrons. The van der Waals surface area contributed by atoms with Gasteiger partial charge in [0.05, 0.1) is 6.04 Å². The highest BCUT2D eigenvalue weighted by molar-refractivity contribution is 5.55. The molecule has 0 spiro atoms. The zero-order valence-electron chi connectivity index (χ0n) is 16.1. The van der Waals surface area contributed by atoms with E-state index >= 15 is 0 Å². The first-order chi connectivity index (χ1) is 13.5. The molecule has 2 heterocycles. The zero-order valence-corrected chi connectivity index (χ0v) is 16.1. The van der Waals surface area contributed by atoms with Crippen LogP contribution in [0.15, 0.2) is 47.0 Å². The van der Waals surface area contributed by atoms with Gasteiger partial charge in [0.2, 0.25) is 11.7 Å². The molecule has 1 N–H and O–H groups in total. The number of piperidine rings is 1. The minimum atomic E-state index is -0.239. The summed E-state index contributed by atoms with van der Waals surface area (Å²) < 4.78 is 19.0. The zero-order chi connectivity index (χ0) is 19.7. The maximum atomic E-state index is 13.5. The molecular weight excluding hydrogens is 357 g/mol. The summed E-state index contributed by atoms with van der Waals surface area (Å²) in [6.45, 7) is 5.69. The lowest BCUT2D eigenvalue weighted by atomic mass is 9.89. The summed E-state index contributed by atoms with van der Waals surface area (Å²) in [6.07, 6.45) is 2.10. The summed E-state index contributed by atoms with van der Waals surface area (Å²) >= 11 is 0. The van der Waals surface area contributed by atoms with Crippen molar-refractivity contribution in [2.75, 3.05) is 13.1 Å². The van der Waals surface area contributed by atoms with Gasteiger partial charge in [-0.3, -0.25) is 4.90 Å². The summed E-state index contributed by atoms with van der Waals surface area (Å²) in [5, 5.41) is 13.5. The van der Waals surface area contributed by atoms with Crippen LogP contribution in [0.3, 0.4) is 0 Å². The Labute approximate surface area is 163 Å². The number of aryl methyl sites for hydroxylation is 1. The highest BCUT2D eigenvalue weighted by Crippen LogP contribution is 2.33. The standard InChI is InChI=1S/C22H24FN3O2/c1-14-13-18(5-8-20(14)23)21-24-22(28-25-21)15(2)26-11-9-17(10-12-26)16-3-6-19(27)7-4-16/h3-8,13,15,17,27H,9-12H2,1-2H3. The second kappa shape index (κ2) is 7.72. The first-order valence-electron chi connectivity index (χ1n) is 9.64. The number of rotatable bonds is 4. The van der Waals surface area contributed by atoms with E-state index in [0.717, 1.165) is 31.5 Å². The highest BCUT2D eigenvalue weighted by atomic mass is 19.1. The van der Waals surface area contributed by atoms with Gasteiger partial charge in [-0.25, -0.2) is 4.39 Å². The number of aromatic nitrogens is 2. The molecule has 4 rings (SSSR count). The molecule has 0 saturated carbocycles. The number of likely N-dealkylation sites (tertiary alicyclic amines) is 1. The molecule has 5 nitrogen and oxygen atoms in total. The molecule has 1 atom stereocenters. The summed E-state index contributed by atoms with van der Waals surface area (Å²) in [6, 6.07) is 12.4. The lowest BCUT2D eigenvalue weighted by Gasteiger charge is -2.34. The normalized spacial score (nSPS) is 17.0. The minimum absolute atomic E-state index is 0.0311. The van der Waals surface area contributed by atoms with Crippen molar-refractivity contribution in [1.29, 1.82) is 0 Å². The third-order valence-corrected chi connectivity index (χ3v) is 5.66. The number of phenols is 1. The topological polar surface area (TPSA) is 62.4 Å². The van der Waals surface area contributed by atoms with Gasteiger partial charge in [-0.15, -0.1) is 0 Å². The maximum Gasteiger partial charge on any atom is 0.244 e. The Bertz CT molecular complexity index is 947. The van der Waals surface area contributed by atoms with Crippen molar-refractivity contribution in [3.05, 3.63) is 65.3 Å². The van der Waals surface area contributed by atoms with E-state index in [0.29, 0.717) is 28.9 Å². The molecule has 28 heavy (non-hydrogen) atoms. The van der Waals surface area contributed by atoms with Gasteiger partial charge < -0.3 is 9.63 Å². The third kappa shape index (κ3) is 3.78. The summed E-state index contributed by atoms with van der Waals surface area (Å²) in [5.41, 5.74) is 2.59. The van der Waals surface area contributed by atoms with Gasteiger partial charge in [0, 0.05) is 5.56 Å². The maximum absolute atomic E-state index is 13.5. The van der Waals surface area contributed by atoms with Crippen LogP contribution in [0.1, 0.15) is 48.7 Å². The highest BCUT2D eigenvalue weighted by Gasteiger charge is 2.27. The average molecular weight is 381 g/mol. The minimum Gasteiger partial charge on any atom is -0.508 e. The molecular formula is C22H24FN3O2. The lowest BCUT2D eigenvalue weighted by molar-refractivity contribution is 0.136. The van der Waals surface area contributed by atoms with E-state index in [9.17, 15) is 9.50 Å². The van der Waals surface area contributed by atoms with Crippen molar-refractivity contribution in [3.63, 3.8) is 0 Å². The number of nitrogens with zero attached hydrogens (tertiary/aromatic N) is 3. The van der Waals surface area contributed by atoms with E-state index in [4.69, 9.17) is 4.52 Å². The van der Waals surface area contributed by atoms with Crippen molar-refractivity contribution in [2.24, 2.45) is 0 Å². The number of hydrogen-bond acceptors (Lipinski definition) is 5. The van der Waals surface area contributed by atoms with Gasteiger partial charge in [0.15, 0.2) is 0 Å². The predicted molar refractivity (Wildman–Crippen MR) is 104 cm³/mol. The third-order valence-electron chi connectivity index (χ3n) is 5.66. The largest absolute Gasteiger partial charge is 0.508 e. The van der Waals surface area contributed by atoms with Crippen LogP contribution in [0, 0.1) is 12.7 Å². The van der Waals surface area contributed by atoms with Crippen LogP contribution in [0.2, 0.25) is 0 Å². The number of phenolic OH excluding ortho intramolecular Hbond substituents is 1. The van der Waals surface area contributed by atoms with Crippen molar-refractivity contribution < 1.29 is 14.0 Å². The lowest BCUT2D eigenvalue weighted by Crippen LogP contribution is -2.35. The van der Waals surface area contributed by atoms with Crippen molar-refractivity contribution in [1.82, 2.24) is 15.0 Å². The molecule has 1 aliphatic rings. The van der Waals surface area contributed by atoms with Gasteiger partial charge in [0.25, 0.3) is 0 Å². The van der Waals surface area contributed by atoms with Crippen molar-refractivity contribution in [3.8, 4) is 17.1 Å². The van der Waals surface area contributed by atoms with E-state index in [-0.39, 0.29) is 11.9 Å². The summed E-state index contributed by atoms with van der Waals surface area (Å²) in [5.74, 6) is 1.64. The van der Waals surface area contributed by atoms with Crippen LogP contribution in [-0.4, -0.2) is 33.2 Å². The molecule has 1 unspecified atom stereocenters. The fraction of sp³-hybridized carbons (Fsp3) is 0.364. The molecule has 6 heteroatoms. The Morgan fingerprint density at radius 2 is 1.86 bits per heavy atom. The van der Waals surface area contributed by atoms with E-state index in [1.165, 1.54) is 11.6 Å². The Morgan fingerprint density at radius 1 is 1.14 bits per heavy atom. The number of hydrogen-bond donors (Lipinski definition) is 1. The van der Waals surface area contributed by atoms with Gasteiger partial charge in [0.1, 0.15) is 11.6 Å². The molecule has 2 aromatic carbocycles. The fourth-order valence-electron chi connectivity index (χ4n) is 3.83. The molecule has 0 aliphatic carbocycles. The second-order valence-electron chi connectivity index (χ2n) is 7.50. The van der Waals surface area contributed by atoms with Crippen LogP contribution < -0.4 is 0 Å². The predicted octanol–water partition coefficient (Wildman–Crippen LogP) is 4.83. The van der Waals surface area contributed by atoms with Crippen LogP contribution in [0.25, 0.3) is 11.4 Å². The van der Waals surface area contributed by atoms with Gasteiger partial charge in [-0.2, -0.15) is 4.98 Å². The quantitative estimate of drug-likeness (QED) is 0.701. The summed E-state index contributed by atoms with van der Waals surface area (Å²) in [7, 11) is 0. The molecule has 0 bridgehead atoms. The molecule has 1 aliphatic heterocycles.